The first kappa shape index (κ1) is 25.6. The minimum absolute atomic E-state index is 0.00251. The second-order valence-electron chi connectivity index (χ2n) is 9.55. The van der Waals surface area contributed by atoms with Crippen LogP contribution in [0.4, 0.5) is 0 Å². The SMILES string of the molecule is C=CCN1O[C@@H](C=C)[C@@H]2[C@@H](OCc3ccccc3)[C@H](OCc3ccccc3)[C@@H](OCc3ccccc3)[C@@H]21. The lowest BCUT2D eigenvalue weighted by atomic mass is 9.95. The van der Waals surface area contributed by atoms with Crippen LogP contribution in [0.2, 0.25) is 0 Å². The van der Waals surface area contributed by atoms with Crippen LogP contribution in [0.1, 0.15) is 16.7 Å². The number of rotatable bonds is 12. The molecular formula is C32H35NO4. The molecule has 0 radical (unpaired) electrons. The van der Waals surface area contributed by atoms with Gasteiger partial charge >= 0.3 is 0 Å². The molecule has 1 aliphatic heterocycles. The number of hydrogen-bond acceptors (Lipinski definition) is 5. The van der Waals surface area contributed by atoms with Crippen molar-refractivity contribution in [1.29, 1.82) is 0 Å². The molecule has 37 heavy (non-hydrogen) atoms. The van der Waals surface area contributed by atoms with Crippen LogP contribution < -0.4 is 0 Å². The van der Waals surface area contributed by atoms with Gasteiger partial charge in [0.1, 0.15) is 18.3 Å². The van der Waals surface area contributed by atoms with Crippen molar-refractivity contribution in [1.82, 2.24) is 5.06 Å². The van der Waals surface area contributed by atoms with Crippen LogP contribution in [0.15, 0.2) is 116 Å². The predicted octanol–water partition coefficient (Wildman–Crippen LogP) is 5.73. The van der Waals surface area contributed by atoms with Crippen LogP contribution in [-0.4, -0.2) is 42.1 Å². The molecule has 0 bridgehead atoms. The van der Waals surface area contributed by atoms with Crippen LogP contribution in [-0.2, 0) is 38.9 Å². The Morgan fingerprint density at radius 1 is 0.649 bits per heavy atom. The van der Waals surface area contributed by atoms with Gasteiger partial charge in [-0.3, -0.25) is 4.84 Å². The van der Waals surface area contributed by atoms with Crippen LogP contribution in [0.5, 0.6) is 0 Å². The monoisotopic (exact) mass is 497 g/mol. The summed E-state index contributed by atoms with van der Waals surface area (Å²) < 4.78 is 20.0. The molecule has 0 amide bonds. The Kier molecular flexibility index (Phi) is 8.61. The second kappa shape index (κ2) is 12.5. The van der Waals surface area contributed by atoms with Crippen molar-refractivity contribution in [3.05, 3.63) is 133 Å². The summed E-state index contributed by atoms with van der Waals surface area (Å²) >= 11 is 0. The minimum Gasteiger partial charge on any atom is -0.370 e. The van der Waals surface area contributed by atoms with Crippen LogP contribution in [0.25, 0.3) is 0 Å². The van der Waals surface area contributed by atoms with Crippen molar-refractivity contribution in [3.8, 4) is 0 Å². The number of benzene rings is 3. The van der Waals surface area contributed by atoms with Gasteiger partial charge in [-0.15, -0.1) is 13.2 Å². The standard InChI is InChI=1S/C32H35NO4/c1-3-20-33-29-28(27(4-2)37-33)30(34-21-24-14-8-5-9-15-24)32(36-23-26-18-12-7-13-19-26)31(29)35-22-25-16-10-6-11-17-25/h3-19,27-32H,1-2,20-23H2/t27-,28-,29+,30+,31-,32-/m0/s1. The molecule has 3 aromatic carbocycles. The van der Waals surface area contributed by atoms with Gasteiger partial charge in [0.05, 0.1) is 32.0 Å². The molecule has 5 heteroatoms. The largest absolute Gasteiger partial charge is 0.370 e. The van der Waals surface area contributed by atoms with E-state index in [-0.39, 0.29) is 36.4 Å². The van der Waals surface area contributed by atoms with Gasteiger partial charge in [-0.25, -0.2) is 0 Å². The van der Waals surface area contributed by atoms with Gasteiger partial charge < -0.3 is 14.2 Å². The molecule has 3 aromatic rings. The summed E-state index contributed by atoms with van der Waals surface area (Å²) in [5.41, 5.74) is 3.35. The van der Waals surface area contributed by atoms with Crippen LogP contribution in [0, 0.1) is 5.92 Å². The number of hydroxylamine groups is 2. The van der Waals surface area contributed by atoms with Crippen molar-refractivity contribution in [2.24, 2.45) is 5.92 Å². The van der Waals surface area contributed by atoms with E-state index in [1.165, 1.54) is 0 Å². The summed E-state index contributed by atoms with van der Waals surface area (Å²) in [5.74, 6) is 0.00251. The Bertz CT molecular complexity index is 1120. The minimum atomic E-state index is -0.290. The van der Waals surface area contributed by atoms with Gasteiger partial charge in [-0.2, -0.15) is 5.06 Å². The molecule has 192 valence electrons. The highest BCUT2D eigenvalue weighted by Gasteiger charge is 2.61. The molecule has 0 spiro atoms. The molecule has 0 N–H and O–H groups in total. The van der Waals surface area contributed by atoms with Gasteiger partial charge in [0.25, 0.3) is 0 Å². The van der Waals surface area contributed by atoms with Gasteiger partial charge in [0.15, 0.2) is 0 Å². The van der Waals surface area contributed by atoms with Gasteiger partial charge in [0.2, 0.25) is 0 Å². The zero-order valence-electron chi connectivity index (χ0n) is 21.1. The summed E-state index contributed by atoms with van der Waals surface area (Å²) in [7, 11) is 0. The van der Waals surface area contributed by atoms with E-state index in [9.17, 15) is 0 Å². The molecule has 1 aliphatic carbocycles. The lowest BCUT2D eigenvalue weighted by Gasteiger charge is -2.31. The number of fused-ring (bicyclic) bond motifs is 1. The topological polar surface area (TPSA) is 40.2 Å². The average molecular weight is 498 g/mol. The highest BCUT2D eigenvalue weighted by Crippen LogP contribution is 2.45. The van der Waals surface area contributed by atoms with Gasteiger partial charge in [-0.1, -0.05) is 103 Å². The Morgan fingerprint density at radius 2 is 1.11 bits per heavy atom. The van der Waals surface area contributed by atoms with Crippen molar-refractivity contribution >= 4 is 0 Å². The zero-order valence-corrected chi connectivity index (χ0v) is 21.1. The lowest BCUT2D eigenvalue weighted by Crippen LogP contribution is -2.44. The Hall–Kier alpha value is -3.06. The van der Waals surface area contributed by atoms with Crippen molar-refractivity contribution < 1.29 is 19.0 Å². The highest BCUT2D eigenvalue weighted by atomic mass is 16.7. The van der Waals surface area contributed by atoms with E-state index >= 15 is 0 Å². The third-order valence-electron chi connectivity index (χ3n) is 7.12. The Balaban J connectivity index is 1.45. The van der Waals surface area contributed by atoms with E-state index in [1.54, 1.807) is 0 Å². The predicted molar refractivity (Wildman–Crippen MR) is 144 cm³/mol. The maximum Gasteiger partial charge on any atom is 0.112 e. The molecule has 5 rings (SSSR count). The molecular weight excluding hydrogens is 462 g/mol. The normalized spacial score (nSPS) is 27.1. The fourth-order valence-corrected chi connectivity index (χ4v) is 5.43. The maximum atomic E-state index is 6.66. The van der Waals surface area contributed by atoms with Crippen LogP contribution in [0.3, 0.4) is 0 Å². The number of nitrogens with zero attached hydrogens (tertiary/aromatic N) is 1. The van der Waals surface area contributed by atoms with E-state index in [2.05, 4.69) is 49.6 Å². The van der Waals surface area contributed by atoms with Gasteiger partial charge in [-0.05, 0) is 16.7 Å². The summed E-state index contributed by atoms with van der Waals surface area (Å²) in [4.78, 5) is 6.32. The summed E-state index contributed by atoms with van der Waals surface area (Å²) in [5, 5.41) is 1.98. The zero-order chi connectivity index (χ0) is 25.5. The lowest BCUT2D eigenvalue weighted by molar-refractivity contribution is -0.197. The first-order chi connectivity index (χ1) is 18.3. The third kappa shape index (κ3) is 5.93. The first-order valence-electron chi connectivity index (χ1n) is 12.9. The first-order valence-corrected chi connectivity index (χ1v) is 12.9. The van der Waals surface area contributed by atoms with Gasteiger partial charge in [0, 0.05) is 12.5 Å². The molecule has 5 nitrogen and oxygen atoms in total. The maximum absolute atomic E-state index is 6.66. The third-order valence-corrected chi connectivity index (χ3v) is 7.12. The molecule has 1 heterocycles. The van der Waals surface area contributed by atoms with E-state index in [0.29, 0.717) is 26.4 Å². The molecule has 2 aliphatic rings. The molecule has 0 aromatic heterocycles. The summed E-state index contributed by atoms with van der Waals surface area (Å²) in [6.45, 7) is 10.0. The summed E-state index contributed by atoms with van der Waals surface area (Å²) in [6, 6.07) is 30.6. The molecule has 1 saturated carbocycles. The van der Waals surface area contributed by atoms with Crippen LogP contribution >= 0.6 is 0 Å². The smallest absolute Gasteiger partial charge is 0.112 e. The van der Waals surface area contributed by atoms with E-state index in [0.717, 1.165) is 16.7 Å². The molecule has 6 atom stereocenters. The van der Waals surface area contributed by atoms with E-state index in [4.69, 9.17) is 19.0 Å². The highest BCUT2D eigenvalue weighted by molar-refractivity contribution is 5.18. The van der Waals surface area contributed by atoms with Crippen molar-refractivity contribution in [3.63, 3.8) is 0 Å². The Morgan fingerprint density at radius 3 is 1.57 bits per heavy atom. The molecule has 0 unspecified atom stereocenters. The van der Waals surface area contributed by atoms with E-state index < -0.39 is 0 Å². The second-order valence-corrected chi connectivity index (χ2v) is 9.55. The quantitative estimate of drug-likeness (QED) is 0.299. The summed E-state index contributed by atoms with van der Waals surface area (Å²) in [6.07, 6.45) is 2.72. The van der Waals surface area contributed by atoms with Crippen molar-refractivity contribution in [2.45, 2.75) is 50.3 Å². The average Bonchev–Trinajstić information content (AvgIpc) is 3.46. The number of ether oxygens (including phenoxy) is 3. The fourth-order valence-electron chi connectivity index (χ4n) is 5.43. The molecule has 1 saturated heterocycles. The fraction of sp³-hybridized carbons (Fsp3) is 0.312. The van der Waals surface area contributed by atoms with Crippen molar-refractivity contribution in [2.75, 3.05) is 6.54 Å². The molecule has 2 fully saturated rings. The number of hydrogen-bond donors (Lipinski definition) is 0. The van der Waals surface area contributed by atoms with E-state index in [1.807, 2.05) is 71.8 Å². The Labute approximate surface area is 219 Å².